The van der Waals surface area contributed by atoms with Gasteiger partial charge in [0.1, 0.15) is 0 Å². The van der Waals surface area contributed by atoms with E-state index in [1.807, 2.05) is 13.0 Å². The molecule has 7 nitrogen and oxygen atoms in total. The van der Waals surface area contributed by atoms with Gasteiger partial charge >= 0.3 is 0 Å². The fourth-order valence-corrected chi connectivity index (χ4v) is 4.80. The lowest BCUT2D eigenvalue weighted by Gasteiger charge is -2.36. The molecular weight excluding hydrogens is 424 g/mol. The Hall–Kier alpha value is -3.10. The van der Waals surface area contributed by atoms with Crippen molar-refractivity contribution in [3.63, 3.8) is 0 Å². The number of furan rings is 1. The van der Waals surface area contributed by atoms with Gasteiger partial charge in [-0.15, -0.1) is 11.3 Å². The molecule has 8 heteroatoms. The number of carbonyl (C=O) groups excluding carboxylic acids is 2. The Bertz CT molecular complexity index is 1070. The quantitative estimate of drug-likeness (QED) is 0.571. The molecule has 3 aromatic rings. The van der Waals surface area contributed by atoms with Crippen LogP contribution in [0.25, 0.3) is 0 Å². The van der Waals surface area contributed by atoms with Crippen LogP contribution < -0.4 is 15.5 Å². The summed E-state index contributed by atoms with van der Waals surface area (Å²) >= 11 is 1.27. The van der Waals surface area contributed by atoms with E-state index >= 15 is 0 Å². The summed E-state index contributed by atoms with van der Waals surface area (Å²) in [7, 11) is 0. The number of amides is 2. The molecule has 2 amide bonds. The molecule has 168 valence electrons. The van der Waals surface area contributed by atoms with E-state index in [0.717, 1.165) is 38.3 Å². The smallest absolute Gasteiger partial charge is 0.291 e. The summed E-state index contributed by atoms with van der Waals surface area (Å²) in [5.74, 6) is -0.193. The van der Waals surface area contributed by atoms with Crippen molar-refractivity contribution in [2.24, 2.45) is 0 Å². The van der Waals surface area contributed by atoms with Crippen molar-refractivity contribution in [2.45, 2.75) is 13.8 Å². The minimum absolute atomic E-state index is 0.107. The second-order valence-corrected chi connectivity index (χ2v) is 9.03. The Morgan fingerprint density at radius 1 is 1.03 bits per heavy atom. The topological polar surface area (TPSA) is 77.8 Å². The van der Waals surface area contributed by atoms with Gasteiger partial charge in [-0.1, -0.05) is 12.1 Å². The maximum atomic E-state index is 12.6. The van der Waals surface area contributed by atoms with Gasteiger partial charge in [0.15, 0.2) is 5.76 Å². The van der Waals surface area contributed by atoms with E-state index in [9.17, 15) is 9.59 Å². The van der Waals surface area contributed by atoms with Crippen molar-refractivity contribution < 1.29 is 14.0 Å². The van der Waals surface area contributed by atoms with E-state index in [4.69, 9.17) is 4.42 Å². The second kappa shape index (κ2) is 10.0. The summed E-state index contributed by atoms with van der Waals surface area (Å²) in [6.07, 6.45) is 1.45. The molecule has 0 aliphatic carbocycles. The highest BCUT2D eigenvalue weighted by Gasteiger charge is 2.19. The first-order chi connectivity index (χ1) is 15.5. The maximum Gasteiger partial charge on any atom is 0.291 e. The molecule has 1 aliphatic rings. The van der Waals surface area contributed by atoms with Gasteiger partial charge in [-0.05, 0) is 55.3 Å². The molecule has 2 aromatic heterocycles. The average Bonchev–Trinajstić information content (AvgIpc) is 3.44. The van der Waals surface area contributed by atoms with Gasteiger partial charge in [-0.3, -0.25) is 14.5 Å². The van der Waals surface area contributed by atoms with Gasteiger partial charge < -0.3 is 20.0 Å². The van der Waals surface area contributed by atoms with E-state index in [-0.39, 0.29) is 17.6 Å². The predicted molar refractivity (Wildman–Crippen MR) is 128 cm³/mol. The third-order valence-corrected chi connectivity index (χ3v) is 6.71. The van der Waals surface area contributed by atoms with Crippen LogP contribution in [0, 0.1) is 13.8 Å². The van der Waals surface area contributed by atoms with E-state index in [1.54, 1.807) is 12.1 Å². The first kappa shape index (κ1) is 22.1. The normalized spacial score (nSPS) is 14.4. The lowest BCUT2D eigenvalue weighted by molar-refractivity contribution is 0.0950. The third-order valence-electron chi connectivity index (χ3n) is 5.56. The second-order valence-electron chi connectivity index (χ2n) is 7.98. The van der Waals surface area contributed by atoms with Crippen molar-refractivity contribution in [1.29, 1.82) is 0 Å². The number of aryl methyl sites for hydroxylation is 2. The van der Waals surface area contributed by atoms with Crippen LogP contribution in [0.2, 0.25) is 0 Å². The number of nitrogens with zero attached hydrogens (tertiary/aromatic N) is 2. The number of thiophene rings is 1. The molecule has 1 aliphatic heterocycles. The molecule has 0 radical (unpaired) electrons. The zero-order valence-electron chi connectivity index (χ0n) is 18.4. The molecule has 32 heavy (non-hydrogen) atoms. The number of anilines is 2. The largest absolute Gasteiger partial charge is 0.459 e. The molecule has 0 unspecified atom stereocenters. The maximum absolute atomic E-state index is 12.6. The van der Waals surface area contributed by atoms with Crippen molar-refractivity contribution in [1.82, 2.24) is 10.2 Å². The molecular formula is C24H28N4O3S. The molecule has 1 fully saturated rings. The number of piperazine rings is 1. The van der Waals surface area contributed by atoms with Crippen LogP contribution in [0.4, 0.5) is 10.7 Å². The minimum atomic E-state index is -0.326. The highest BCUT2D eigenvalue weighted by atomic mass is 32.1. The third kappa shape index (κ3) is 5.38. The van der Waals surface area contributed by atoms with E-state index in [2.05, 4.69) is 51.6 Å². The first-order valence-corrected chi connectivity index (χ1v) is 11.6. The van der Waals surface area contributed by atoms with Crippen molar-refractivity contribution >= 4 is 33.8 Å². The molecule has 1 saturated heterocycles. The van der Waals surface area contributed by atoms with E-state index in [0.29, 0.717) is 16.4 Å². The first-order valence-electron chi connectivity index (χ1n) is 10.8. The summed E-state index contributed by atoms with van der Waals surface area (Å²) in [4.78, 5) is 30.2. The van der Waals surface area contributed by atoms with Gasteiger partial charge in [0.2, 0.25) is 0 Å². The number of rotatable bonds is 7. The summed E-state index contributed by atoms with van der Waals surface area (Å²) in [5, 5.41) is 6.43. The van der Waals surface area contributed by atoms with Crippen LogP contribution >= 0.6 is 11.3 Å². The Balaban J connectivity index is 1.22. The van der Waals surface area contributed by atoms with Crippen molar-refractivity contribution in [3.8, 4) is 0 Å². The lowest BCUT2D eigenvalue weighted by Crippen LogP contribution is -2.48. The molecule has 3 heterocycles. The zero-order chi connectivity index (χ0) is 22.5. The molecule has 0 bridgehead atoms. The number of benzene rings is 1. The van der Waals surface area contributed by atoms with Crippen LogP contribution in [-0.2, 0) is 0 Å². The van der Waals surface area contributed by atoms with Gasteiger partial charge in [-0.25, -0.2) is 0 Å². The minimum Gasteiger partial charge on any atom is -0.459 e. The number of hydrogen-bond acceptors (Lipinski definition) is 6. The summed E-state index contributed by atoms with van der Waals surface area (Å²) in [6, 6.07) is 13.7. The molecule has 0 spiro atoms. The summed E-state index contributed by atoms with van der Waals surface area (Å²) < 4.78 is 5.11. The van der Waals surface area contributed by atoms with Crippen LogP contribution in [0.15, 0.2) is 53.1 Å². The van der Waals surface area contributed by atoms with Crippen LogP contribution in [0.3, 0.4) is 0 Å². The standard InChI is InChI=1S/C24H28N4O3S/c1-17-5-3-6-19(15-17)28-12-10-27(11-13-28)9-8-25-24(30)22-18(2)16-21(32-22)26-23(29)20-7-4-14-31-20/h3-7,14-16H,8-13H2,1-2H3,(H,25,30)(H,26,29). The number of nitrogens with one attached hydrogen (secondary N) is 2. The molecule has 1 aromatic carbocycles. The summed E-state index contributed by atoms with van der Waals surface area (Å²) in [6.45, 7) is 9.33. The van der Waals surface area contributed by atoms with E-state index in [1.165, 1.54) is 28.9 Å². The molecule has 4 rings (SSSR count). The fourth-order valence-electron chi connectivity index (χ4n) is 3.81. The summed E-state index contributed by atoms with van der Waals surface area (Å²) in [5.41, 5.74) is 3.40. The van der Waals surface area contributed by atoms with Crippen LogP contribution in [-0.4, -0.2) is 56.0 Å². The average molecular weight is 453 g/mol. The van der Waals surface area contributed by atoms with Crippen LogP contribution in [0.5, 0.6) is 0 Å². The zero-order valence-corrected chi connectivity index (χ0v) is 19.2. The van der Waals surface area contributed by atoms with Gasteiger partial charge in [-0.2, -0.15) is 0 Å². The monoisotopic (exact) mass is 452 g/mol. The van der Waals surface area contributed by atoms with Crippen molar-refractivity contribution in [3.05, 3.63) is 70.5 Å². The Labute approximate surface area is 192 Å². The highest BCUT2D eigenvalue weighted by Crippen LogP contribution is 2.27. The Morgan fingerprint density at radius 3 is 2.56 bits per heavy atom. The fraction of sp³-hybridized carbons (Fsp3) is 0.333. The van der Waals surface area contributed by atoms with Crippen molar-refractivity contribution in [2.75, 3.05) is 49.5 Å². The highest BCUT2D eigenvalue weighted by molar-refractivity contribution is 7.18. The SMILES string of the molecule is Cc1cccc(N2CCN(CCNC(=O)c3sc(NC(=O)c4ccco4)cc3C)CC2)c1. The molecule has 0 atom stereocenters. The Morgan fingerprint density at radius 2 is 1.84 bits per heavy atom. The van der Waals surface area contributed by atoms with E-state index < -0.39 is 0 Å². The lowest BCUT2D eigenvalue weighted by atomic mass is 10.2. The van der Waals surface area contributed by atoms with Gasteiger partial charge in [0.25, 0.3) is 11.8 Å². The molecule has 0 saturated carbocycles. The van der Waals surface area contributed by atoms with Gasteiger partial charge in [0, 0.05) is 45.0 Å². The molecule has 2 N–H and O–H groups in total. The Kier molecular flexibility index (Phi) is 6.92. The van der Waals surface area contributed by atoms with Crippen LogP contribution in [0.1, 0.15) is 31.4 Å². The predicted octanol–water partition coefficient (Wildman–Crippen LogP) is 3.76. The number of carbonyl (C=O) groups is 2. The number of hydrogen-bond donors (Lipinski definition) is 2. The van der Waals surface area contributed by atoms with Gasteiger partial charge in [0.05, 0.1) is 16.1 Å².